The molecular formula is C20H20N2O5. The van der Waals surface area contributed by atoms with Gasteiger partial charge in [-0.15, -0.1) is 0 Å². The number of phenols is 1. The number of primary amides is 1. The van der Waals surface area contributed by atoms with Crippen molar-refractivity contribution in [3.8, 4) is 5.75 Å². The summed E-state index contributed by atoms with van der Waals surface area (Å²) in [6.45, 7) is 0.219. The molecule has 0 saturated heterocycles. The lowest BCUT2D eigenvalue weighted by Crippen LogP contribution is -2.45. The molecule has 2 aromatic rings. The third kappa shape index (κ3) is 4.08. The highest BCUT2D eigenvalue weighted by Crippen LogP contribution is 2.32. The normalized spacial score (nSPS) is 13.9. The lowest BCUT2D eigenvalue weighted by atomic mass is 10.1. The van der Waals surface area contributed by atoms with Crippen molar-refractivity contribution in [2.45, 2.75) is 32.0 Å². The molecule has 2 aromatic carbocycles. The molecule has 7 heteroatoms. The molecule has 2 amide bonds. The largest absolute Gasteiger partial charge is 0.508 e. The van der Waals surface area contributed by atoms with Crippen LogP contribution in [-0.2, 0) is 27.5 Å². The highest BCUT2D eigenvalue weighted by molar-refractivity contribution is 6.01. The maximum atomic E-state index is 12.5. The molecular weight excluding hydrogens is 348 g/mol. The van der Waals surface area contributed by atoms with Crippen LogP contribution in [0.4, 0.5) is 0 Å². The van der Waals surface area contributed by atoms with Crippen molar-refractivity contribution in [2.24, 2.45) is 5.73 Å². The molecule has 0 spiro atoms. The fourth-order valence-corrected chi connectivity index (χ4v) is 3.11. The summed E-state index contributed by atoms with van der Waals surface area (Å²) in [4.78, 5) is 37.7. The number of hydrogen-bond acceptors (Lipinski definition) is 5. The summed E-state index contributed by atoms with van der Waals surface area (Å²) in [6, 6.07) is 12.9. The van der Waals surface area contributed by atoms with E-state index in [0.717, 1.165) is 5.56 Å². The smallest absolute Gasteiger partial charge is 0.306 e. The Hall–Kier alpha value is -3.35. The maximum absolute atomic E-state index is 12.5. The second-order valence-electron chi connectivity index (χ2n) is 6.34. The van der Waals surface area contributed by atoms with Crippen LogP contribution in [0.15, 0.2) is 48.5 Å². The zero-order chi connectivity index (χ0) is 19.4. The van der Waals surface area contributed by atoms with Crippen molar-refractivity contribution < 1.29 is 24.2 Å². The van der Waals surface area contributed by atoms with E-state index in [0.29, 0.717) is 11.1 Å². The monoisotopic (exact) mass is 368 g/mol. The first kappa shape index (κ1) is 18.4. The van der Waals surface area contributed by atoms with Gasteiger partial charge in [0.05, 0.1) is 6.54 Å². The molecule has 0 saturated carbocycles. The minimum absolute atomic E-state index is 0.00570. The predicted molar refractivity (Wildman–Crippen MR) is 96.4 cm³/mol. The van der Waals surface area contributed by atoms with Crippen LogP contribution in [0.5, 0.6) is 5.75 Å². The molecule has 0 unspecified atom stereocenters. The van der Waals surface area contributed by atoms with Crippen LogP contribution >= 0.6 is 0 Å². The summed E-state index contributed by atoms with van der Waals surface area (Å²) in [5.74, 6) is -1.57. The van der Waals surface area contributed by atoms with Gasteiger partial charge in [-0.25, -0.2) is 0 Å². The van der Waals surface area contributed by atoms with Crippen molar-refractivity contribution in [3.63, 3.8) is 0 Å². The molecule has 1 atom stereocenters. The van der Waals surface area contributed by atoms with Crippen LogP contribution in [0.25, 0.3) is 0 Å². The van der Waals surface area contributed by atoms with Gasteiger partial charge in [0.15, 0.2) is 0 Å². The van der Waals surface area contributed by atoms with Crippen molar-refractivity contribution >= 4 is 17.8 Å². The summed E-state index contributed by atoms with van der Waals surface area (Å²) < 4.78 is 5.19. The van der Waals surface area contributed by atoms with E-state index in [4.69, 9.17) is 10.5 Å². The van der Waals surface area contributed by atoms with Crippen LogP contribution in [0.2, 0.25) is 0 Å². The molecule has 27 heavy (non-hydrogen) atoms. The Morgan fingerprint density at radius 2 is 1.89 bits per heavy atom. The average Bonchev–Trinajstić information content (AvgIpc) is 2.99. The molecule has 0 aliphatic carbocycles. The van der Waals surface area contributed by atoms with E-state index in [1.807, 2.05) is 30.3 Å². The highest BCUT2D eigenvalue weighted by atomic mass is 16.5. The Morgan fingerprint density at radius 1 is 1.15 bits per heavy atom. The first-order valence-electron chi connectivity index (χ1n) is 8.58. The molecule has 7 nitrogen and oxygen atoms in total. The highest BCUT2D eigenvalue weighted by Gasteiger charge is 2.36. The molecule has 1 heterocycles. The molecule has 0 aromatic heterocycles. The van der Waals surface area contributed by atoms with Crippen LogP contribution in [0, 0.1) is 0 Å². The van der Waals surface area contributed by atoms with Gasteiger partial charge in [-0.2, -0.15) is 0 Å². The summed E-state index contributed by atoms with van der Waals surface area (Å²) in [7, 11) is 0. The van der Waals surface area contributed by atoms with Crippen molar-refractivity contribution in [1.29, 1.82) is 0 Å². The minimum Gasteiger partial charge on any atom is -0.508 e. The van der Waals surface area contributed by atoms with Gasteiger partial charge < -0.3 is 20.5 Å². The average molecular weight is 368 g/mol. The summed E-state index contributed by atoms with van der Waals surface area (Å²) in [5, 5.41) is 9.91. The third-order valence-electron chi connectivity index (χ3n) is 4.54. The van der Waals surface area contributed by atoms with Crippen LogP contribution in [0.1, 0.15) is 34.3 Å². The van der Waals surface area contributed by atoms with Gasteiger partial charge in [0.1, 0.15) is 18.4 Å². The van der Waals surface area contributed by atoms with Crippen LogP contribution in [0.3, 0.4) is 0 Å². The van der Waals surface area contributed by atoms with Crippen LogP contribution in [-0.4, -0.2) is 33.8 Å². The Kier molecular flexibility index (Phi) is 5.40. The number of carbonyl (C=O) groups is 3. The number of phenolic OH excluding ortho intramolecular Hbond substituents is 1. The number of carbonyl (C=O) groups excluding carboxylic acids is 3. The van der Waals surface area contributed by atoms with Crippen molar-refractivity contribution in [2.75, 3.05) is 0 Å². The van der Waals surface area contributed by atoms with E-state index in [9.17, 15) is 19.5 Å². The summed E-state index contributed by atoms with van der Waals surface area (Å²) in [6.07, 6.45) is 0.00992. The quantitative estimate of drug-likeness (QED) is 0.723. The number of fused-ring (bicyclic) bond motifs is 1. The standard InChI is InChI=1S/C20H20N2O5/c21-19(25)16(9-10-18(24)27-12-13-5-2-1-3-6-13)22-11-15-14(20(22)26)7-4-8-17(15)23/h1-8,16,23H,9-12H2,(H2,21,25)/t16-/m1/s1. The molecule has 3 rings (SSSR count). The van der Waals surface area contributed by atoms with E-state index in [1.165, 1.54) is 11.0 Å². The van der Waals surface area contributed by atoms with Gasteiger partial charge in [0.25, 0.3) is 5.91 Å². The maximum Gasteiger partial charge on any atom is 0.306 e. The number of ether oxygens (including phenoxy) is 1. The molecule has 0 bridgehead atoms. The molecule has 3 N–H and O–H groups in total. The second kappa shape index (κ2) is 7.90. The number of hydrogen-bond donors (Lipinski definition) is 2. The number of nitrogens with two attached hydrogens (primary N) is 1. The Labute approximate surface area is 156 Å². The Morgan fingerprint density at radius 3 is 2.56 bits per heavy atom. The summed E-state index contributed by atoms with van der Waals surface area (Å²) >= 11 is 0. The van der Waals surface area contributed by atoms with Gasteiger partial charge in [0, 0.05) is 17.5 Å². The third-order valence-corrected chi connectivity index (χ3v) is 4.54. The van der Waals surface area contributed by atoms with E-state index >= 15 is 0 Å². The number of benzene rings is 2. The number of amides is 2. The lowest BCUT2D eigenvalue weighted by Gasteiger charge is -2.24. The number of nitrogens with zero attached hydrogens (tertiary/aromatic N) is 1. The van der Waals surface area contributed by atoms with Gasteiger partial charge >= 0.3 is 5.97 Å². The first-order chi connectivity index (χ1) is 13.0. The molecule has 1 aliphatic rings. The fraction of sp³-hybridized carbons (Fsp3) is 0.250. The predicted octanol–water partition coefficient (Wildman–Crippen LogP) is 1.73. The van der Waals surface area contributed by atoms with Gasteiger partial charge in [0.2, 0.25) is 5.91 Å². The van der Waals surface area contributed by atoms with Gasteiger partial charge in [-0.05, 0) is 24.1 Å². The van der Waals surface area contributed by atoms with E-state index < -0.39 is 17.9 Å². The molecule has 1 aliphatic heterocycles. The summed E-state index contributed by atoms with van der Waals surface area (Å²) in [5.41, 5.74) is 7.11. The Balaban J connectivity index is 1.60. The van der Waals surface area contributed by atoms with E-state index in [-0.39, 0.29) is 37.6 Å². The van der Waals surface area contributed by atoms with Gasteiger partial charge in [-0.3, -0.25) is 14.4 Å². The number of rotatable bonds is 7. The SMILES string of the molecule is NC(=O)[C@@H](CCC(=O)OCc1ccccc1)N1Cc2c(O)cccc2C1=O. The zero-order valence-corrected chi connectivity index (χ0v) is 14.6. The first-order valence-corrected chi connectivity index (χ1v) is 8.58. The van der Waals surface area contributed by atoms with E-state index in [1.54, 1.807) is 12.1 Å². The zero-order valence-electron chi connectivity index (χ0n) is 14.6. The fourth-order valence-electron chi connectivity index (χ4n) is 3.11. The molecule has 0 fully saturated rings. The second-order valence-corrected chi connectivity index (χ2v) is 6.34. The topological polar surface area (TPSA) is 110 Å². The van der Waals surface area contributed by atoms with Crippen molar-refractivity contribution in [1.82, 2.24) is 4.90 Å². The van der Waals surface area contributed by atoms with Gasteiger partial charge in [-0.1, -0.05) is 36.4 Å². The number of aromatic hydroxyl groups is 1. The minimum atomic E-state index is -0.950. The molecule has 0 radical (unpaired) electrons. The number of esters is 1. The van der Waals surface area contributed by atoms with E-state index in [2.05, 4.69) is 0 Å². The Bertz CT molecular complexity index is 866. The van der Waals surface area contributed by atoms with Crippen molar-refractivity contribution in [3.05, 3.63) is 65.2 Å². The lowest BCUT2D eigenvalue weighted by molar-refractivity contribution is -0.145. The molecule has 140 valence electrons. The van der Waals surface area contributed by atoms with Crippen LogP contribution < -0.4 is 5.73 Å².